The lowest BCUT2D eigenvalue weighted by atomic mass is 9.95. The van der Waals surface area contributed by atoms with Crippen LogP contribution in [0.1, 0.15) is 141 Å². The molecule has 0 aromatic carbocycles. The first kappa shape index (κ1) is 37.4. The number of hydrogen-bond acceptors (Lipinski definition) is 8. The highest BCUT2D eigenvalue weighted by molar-refractivity contribution is 5.87. The van der Waals surface area contributed by atoms with E-state index in [4.69, 9.17) is 15.0 Å². The number of aliphatic imine (C=N–C) groups is 2. The van der Waals surface area contributed by atoms with E-state index in [1.54, 1.807) is 33.6 Å². The lowest BCUT2D eigenvalue weighted by Gasteiger charge is -2.24. The van der Waals surface area contributed by atoms with Gasteiger partial charge in [0.2, 0.25) is 0 Å². The van der Waals surface area contributed by atoms with E-state index in [9.17, 15) is 9.59 Å². The Morgan fingerprint density at radius 2 is 0.923 bits per heavy atom. The summed E-state index contributed by atoms with van der Waals surface area (Å²) in [6.45, 7) is 4.00. The molecule has 4 saturated carbocycles. The number of anilines is 2. The predicted molar refractivity (Wildman–Crippen MR) is 215 cm³/mol. The van der Waals surface area contributed by atoms with Crippen LogP contribution in [0.2, 0.25) is 0 Å². The molecule has 4 aromatic heterocycles. The van der Waals surface area contributed by atoms with Crippen LogP contribution in [0, 0.1) is 0 Å². The highest BCUT2D eigenvalue weighted by atomic mass is 16.1. The van der Waals surface area contributed by atoms with Gasteiger partial charge < -0.3 is 10.6 Å². The predicted octanol–water partition coefficient (Wildman–Crippen LogP) is 8.63. The van der Waals surface area contributed by atoms with Crippen LogP contribution in [0.25, 0.3) is 11.3 Å². The summed E-state index contributed by atoms with van der Waals surface area (Å²) in [6, 6.07) is 12.8. The van der Waals surface area contributed by atoms with Crippen molar-refractivity contribution in [2.24, 2.45) is 9.98 Å². The van der Waals surface area contributed by atoms with Crippen molar-refractivity contribution in [2.45, 2.75) is 154 Å². The molecule has 10 heteroatoms. The van der Waals surface area contributed by atoms with Gasteiger partial charge in [0.15, 0.2) is 0 Å². The minimum absolute atomic E-state index is 0.0338. The van der Waals surface area contributed by atoms with Crippen molar-refractivity contribution in [3.05, 3.63) is 80.6 Å². The molecule has 278 valence electrons. The van der Waals surface area contributed by atoms with Crippen LogP contribution in [-0.4, -0.2) is 55.4 Å². The van der Waals surface area contributed by atoms with E-state index in [0.29, 0.717) is 58.2 Å². The molecule has 2 N–H and O–H groups in total. The maximum atomic E-state index is 13.1. The fraction of sp³-hybridized carbons (Fsp3) is 0.571. The quantitative estimate of drug-likeness (QED) is 0.177. The largest absolute Gasteiger partial charge is 0.367 e. The normalized spacial score (nSPS) is 19.2. The van der Waals surface area contributed by atoms with Crippen molar-refractivity contribution in [3.8, 4) is 0 Å². The molecule has 8 rings (SSSR count). The van der Waals surface area contributed by atoms with E-state index in [-0.39, 0.29) is 11.1 Å². The van der Waals surface area contributed by atoms with Crippen LogP contribution in [0.5, 0.6) is 0 Å². The fourth-order valence-electron chi connectivity index (χ4n) is 8.01. The van der Waals surface area contributed by atoms with E-state index >= 15 is 0 Å². The molecule has 4 aromatic rings. The van der Waals surface area contributed by atoms with Gasteiger partial charge in [0, 0.05) is 49.0 Å². The van der Waals surface area contributed by atoms with Crippen LogP contribution >= 0.6 is 0 Å². The lowest BCUT2D eigenvalue weighted by molar-refractivity contribution is 0.444. The number of pyridine rings is 2. The van der Waals surface area contributed by atoms with Gasteiger partial charge in [-0.1, -0.05) is 90.2 Å². The second kappa shape index (κ2) is 18.9. The van der Waals surface area contributed by atoms with Crippen LogP contribution in [0.15, 0.2) is 68.4 Å². The molecule has 0 aliphatic heterocycles. The molecule has 52 heavy (non-hydrogen) atoms. The third-order valence-electron chi connectivity index (χ3n) is 10.9. The average molecular weight is 707 g/mol. The first-order valence-corrected chi connectivity index (χ1v) is 20.2. The molecule has 0 unspecified atom stereocenters. The van der Waals surface area contributed by atoms with E-state index in [0.717, 1.165) is 51.4 Å². The molecule has 0 bridgehead atoms. The monoisotopic (exact) mass is 706 g/mol. The molecule has 0 atom stereocenters. The Hall–Kier alpha value is -4.34. The third-order valence-corrected chi connectivity index (χ3v) is 10.9. The van der Waals surface area contributed by atoms with Gasteiger partial charge in [-0.25, -0.2) is 9.97 Å². The number of nitrogens with zero attached hydrogens (tertiary/aromatic N) is 6. The molecule has 10 nitrogen and oxygen atoms in total. The molecular formula is C42H58N8O2. The van der Waals surface area contributed by atoms with Gasteiger partial charge in [0.1, 0.15) is 34.1 Å². The maximum Gasteiger partial charge on any atom is 0.268 e. The Morgan fingerprint density at radius 3 is 1.35 bits per heavy atom. The van der Waals surface area contributed by atoms with Gasteiger partial charge in [-0.3, -0.25) is 28.4 Å². The average Bonchev–Trinajstić information content (AvgIpc) is 3.92. The molecule has 4 aliphatic carbocycles. The highest BCUT2D eigenvalue weighted by Crippen LogP contribution is 2.25. The summed E-state index contributed by atoms with van der Waals surface area (Å²) in [6.07, 6.45) is 28.8. The van der Waals surface area contributed by atoms with E-state index < -0.39 is 0 Å². The Balaban J connectivity index is 0.000000171. The van der Waals surface area contributed by atoms with Crippen molar-refractivity contribution in [2.75, 3.05) is 10.6 Å². The summed E-state index contributed by atoms with van der Waals surface area (Å²) < 4.78 is 3.23. The summed E-state index contributed by atoms with van der Waals surface area (Å²) >= 11 is 0. The zero-order chi connectivity index (χ0) is 36.1. The summed E-state index contributed by atoms with van der Waals surface area (Å²) in [5.74, 6) is 1.40. The molecular weight excluding hydrogens is 649 g/mol. The van der Waals surface area contributed by atoms with Crippen molar-refractivity contribution in [1.82, 2.24) is 18.8 Å². The smallest absolute Gasteiger partial charge is 0.268 e. The van der Waals surface area contributed by atoms with Crippen molar-refractivity contribution in [1.29, 1.82) is 0 Å². The molecule has 4 fully saturated rings. The standard InChI is InChI=1S/C21H28N4O.C19H24N4O.C2H6/c26-21-18(15-22-16-9-3-1-4-10-16)20(23-17-11-5-2-6-12-17)24-19-13-7-8-14-25(19)21;24-19-16(13-20-14-7-1-2-8-14)18(21-15-9-3-4-10-15)22-17-11-5-6-12-23(17)19;1-2/h7-8,13-17,23H,1-6,9-12H2;5-6,11-15,21H,1-4,7-10H2;1-2H3. The van der Waals surface area contributed by atoms with Gasteiger partial charge in [0.25, 0.3) is 11.1 Å². The highest BCUT2D eigenvalue weighted by Gasteiger charge is 2.21. The Morgan fingerprint density at radius 1 is 0.558 bits per heavy atom. The van der Waals surface area contributed by atoms with Crippen molar-refractivity contribution in [3.63, 3.8) is 0 Å². The minimum Gasteiger partial charge on any atom is -0.367 e. The zero-order valence-electron chi connectivity index (χ0n) is 31.3. The van der Waals surface area contributed by atoms with Gasteiger partial charge in [-0.05, 0) is 75.6 Å². The topological polar surface area (TPSA) is 118 Å². The first-order chi connectivity index (χ1) is 25.6. The number of aromatic nitrogens is 4. The van der Waals surface area contributed by atoms with Gasteiger partial charge in [0.05, 0.1) is 0 Å². The molecule has 0 radical (unpaired) electrons. The van der Waals surface area contributed by atoms with Crippen molar-refractivity contribution < 1.29 is 0 Å². The summed E-state index contributed by atoms with van der Waals surface area (Å²) in [5, 5.41) is 7.06. The zero-order valence-corrected chi connectivity index (χ0v) is 31.3. The molecule has 4 heterocycles. The van der Waals surface area contributed by atoms with Crippen molar-refractivity contribution >= 4 is 35.4 Å². The SMILES string of the molecule is CC.O=c1c(C=NC2CCCC2)c(NC2CCCC2)nc2ccccn12.O=c1c(C=NC2CCCCC2)c(NC2CCCCC2)nc2ccccn12. The van der Waals surface area contributed by atoms with E-state index in [2.05, 4.69) is 15.6 Å². The van der Waals surface area contributed by atoms with Gasteiger partial charge in [-0.2, -0.15) is 0 Å². The molecule has 0 amide bonds. The summed E-state index contributed by atoms with van der Waals surface area (Å²) in [7, 11) is 0. The van der Waals surface area contributed by atoms with E-state index in [1.807, 2.05) is 50.2 Å². The van der Waals surface area contributed by atoms with E-state index in [1.165, 1.54) is 64.2 Å². The Bertz CT molecular complexity index is 1910. The second-order valence-electron chi connectivity index (χ2n) is 14.6. The van der Waals surface area contributed by atoms with Gasteiger partial charge >= 0.3 is 0 Å². The minimum atomic E-state index is -0.0390. The van der Waals surface area contributed by atoms with Crippen LogP contribution < -0.4 is 21.8 Å². The number of fused-ring (bicyclic) bond motifs is 2. The first-order valence-electron chi connectivity index (χ1n) is 20.2. The number of nitrogens with one attached hydrogen (secondary N) is 2. The Labute approximate surface area is 308 Å². The molecule has 0 saturated heterocycles. The number of rotatable bonds is 8. The lowest BCUT2D eigenvalue weighted by Crippen LogP contribution is -2.28. The third kappa shape index (κ3) is 9.55. The van der Waals surface area contributed by atoms with Gasteiger partial charge in [-0.15, -0.1) is 0 Å². The van der Waals surface area contributed by atoms with Crippen LogP contribution in [0.4, 0.5) is 11.6 Å². The number of hydrogen-bond donors (Lipinski definition) is 2. The summed E-state index contributed by atoms with van der Waals surface area (Å²) in [5.41, 5.74) is 2.49. The Kier molecular flexibility index (Phi) is 13.6. The molecule has 4 aliphatic rings. The fourth-order valence-corrected chi connectivity index (χ4v) is 8.01. The van der Waals surface area contributed by atoms with Crippen LogP contribution in [-0.2, 0) is 0 Å². The maximum absolute atomic E-state index is 13.1. The van der Waals surface area contributed by atoms with Crippen LogP contribution in [0.3, 0.4) is 0 Å². The summed E-state index contributed by atoms with van der Waals surface area (Å²) in [4.78, 5) is 44.9. The second-order valence-corrected chi connectivity index (χ2v) is 14.6. The molecule has 0 spiro atoms.